The summed E-state index contributed by atoms with van der Waals surface area (Å²) in [6.45, 7) is 4.07. The summed E-state index contributed by atoms with van der Waals surface area (Å²) in [6, 6.07) is 16.6. The first-order chi connectivity index (χ1) is 15.7. The van der Waals surface area contributed by atoms with E-state index < -0.39 is 21.7 Å². The van der Waals surface area contributed by atoms with Gasteiger partial charge in [-0.05, 0) is 73.5 Å². The number of hydrogen-bond donors (Lipinski definition) is 2. The van der Waals surface area contributed by atoms with Gasteiger partial charge < -0.3 is 0 Å². The Hall–Kier alpha value is -3.56. The summed E-state index contributed by atoms with van der Waals surface area (Å²) in [7, 11) is -3.92. The Labute approximate surface area is 195 Å². The smallest absolute Gasteiger partial charge is 0.261 e. The van der Waals surface area contributed by atoms with Gasteiger partial charge in [-0.1, -0.05) is 18.2 Å². The normalized spacial score (nSPS) is 11.2. The molecule has 2 N–H and O–H groups in total. The highest BCUT2D eigenvalue weighted by atomic mass is 32.2. The molecule has 0 aliphatic heterocycles. The van der Waals surface area contributed by atoms with Crippen molar-refractivity contribution in [3.63, 3.8) is 0 Å². The van der Waals surface area contributed by atoms with Gasteiger partial charge in [-0.2, -0.15) is 0 Å². The summed E-state index contributed by atoms with van der Waals surface area (Å²) in [5.74, 6) is -0.950. The zero-order chi connectivity index (χ0) is 23.6. The number of aryl methyl sites for hydroxylation is 2. The lowest BCUT2D eigenvalue weighted by molar-refractivity contribution is 0.102. The zero-order valence-corrected chi connectivity index (χ0v) is 19.4. The van der Waals surface area contributed by atoms with Gasteiger partial charge in [0.2, 0.25) is 0 Å². The highest BCUT2D eigenvalue weighted by Gasteiger charge is 2.16. The first-order valence-corrected chi connectivity index (χ1v) is 12.3. The van der Waals surface area contributed by atoms with Crippen LogP contribution in [0.5, 0.6) is 0 Å². The summed E-state index contributed by atoms with van der Waals surface area (Å²) in [4.78, 5) is 17.1. The Kier molecular flexibility index (Phi) is 6.26. The fourth-order valence-electron chi connectivity index (χ4n) is 3.09. The van der Waals surface area contributed by atoms with Gasteiger partial charge in [0.1, 0.15) is 5.82 Å². The topological polar surface area (TPSA) is 88.2 Å². The Morgan fingerprint density at radius 1 is 0.970 bits per heavy atom. The maximum atomic E-state index is 13.1. The molecule has 0 saturated heterocycles. The van der Waals surface area contributed by atoms with Crippen LogP contribution in [0.25, 0.3) is 11.3 Å². The van der Waals surface area contributed by atoms with Gasteiger partial charge in [0.15, 0.2) is 5.13 Å². The lowest BCUT2D eigenvalue weighted by Crippen LogP contribution is -2.15. The van der Waals surface area contributed by atoms with E-state index in [1.54, 1.807) is 12.1 Å². The zero-order valence-electron chi connectivity index (χ0n) is 17.8. The Morgan fingerprint density at radius 2 is 1.73 bits per heavy atom. The fourth-order valence-corrected chi connectivity index (χ4v) is 4.85. The number of carbonyl (C=O) groups excluding carboxylic acids is 1. The quantitative estimate of drug-likeness (QED) is 0.374. The molecule has 0 aliphatic rings. The molecule has 0 spiro atoms. The second kappa shape index (κ2) is 9.13. The summed E-state index contributed by atoms with van der Waals surface area (Å²) >= 11 is 1.30. The van der Waals surface area contributed by atoms with Crippen LogP contribution in [0, 0.1) is 19.7 Å². The number of amides is 1. The number of sulfonamides is 1. The van der Waals surface area contributed by atoms with E-state index >= 15 is 0 Å². The van der Waals surface area contributed by atoms with Crippen LogP contribution < -0.4 is 10.0 Å². The molecule has 6 nitrogen and oxygen atoms in total. The van der Waals surface area contributed by atoms with Crippen molar-refractivity contribution in [2.45, 2.75) is 18.7 Å². The number of thiazole rings is 1. The number of carbonyl (C=O) groups is 1. The van der Waals surface area contributed by atoms with Crippen molar-refractivity contribution in [3.8, 4) is 11.3 Å². The Morgan fingerprint density at radius 3 is 2.45 bits per heavy atom. The molecule has 33 heavy (non-hydrogen) atoms. The lowest BCUT2D eigenvalue weighted by Gasteiger charge is -2.09. The van der Waals surface area contributed by atoms with Crippen LogP contribution >= 0.6 is 11.3 Å². The van der Waals surface area contributed by atoms with Crippen molar-refractivity contribution in [1.82, 2.24) is 4.98 Å². The maximum Gasteiger partial charge on any atom is 0.261 e. The van der Waals surface area contributed by atoms with Gasteiger partial charge in [0.05, 0.1) is 10.6 Å². The number of aromatic nitrogens is 1. The number of benzene rings is 3. The van der Waals surface area contributed by atoms with E-state index in [0.29, 0.717) is 5.13 Å². The van der Waals surface area contributed by atoms with Gasteiger partial charge in [0.25, 0.3) is 15.9 Å². The van der Waals surface area contributed by atoms with Crippen LogP contribution in [0.1, 0.15) is 21.5 Å². The molecule has 9 heteroatoms. The number of hydrogen-bond acceptors (Lipinski definition) is 5. The van der Waals surface area contributed by atoms with E-state index in [-0.39, 0.29) is 16.1 Å². The van der Waals surface area contributed by atoms with Crippen molar-refractivity contribution in [2.75, 3.05) is 10.0 Å². The molecule has 0 bridgehead atoms. The molecule has 1 heterocycles. The van der Waals surface area contributed by atoms with E-state index in [0.717, 1.165) is 29.0 Å². The van der Waals surface area contributed by atoms with Crippen LogP contribution in [0.4, 0.5) is 15.2 Å². The third kappa shape index (κ3) is 5.27. The van der Waals surface area contributed by atoms with E-state index in [2.05, 4.69) is 15.0 Å². The standard InChI is InChI=1S/C24H20FN3O3S2/c1-15-6-7-17(12-16(15)2)22-14-32-24(26-22)27-23(29)18-4-3-5-20(13-18)28-33(30,31)21-10-8-19(25)9-11-21/h3-14,28H,1-2H3,(H,26,27,29). The summed E-state index contributed by atoms with van der Waals surface area (Å²) in [5, 5.41) is 5.06. The molecule has 168 valence electrons. The van der Waals surface area contributed by atoms with Gasteiger partial charge in [-0.25, -0.2) is 17.8 Å². The molecule has 1 aromatic heterocycles. The van der Waals surface area contributed by atoms with Gasteiger partial charge in [-0.15, -0.1) is 11.3 Å². The van der Waals surface area contributed by atoms with Gasteiger partial charge in [0, 0.05) is 22.2 Å². The van der Waals surface area contributed by atoms with E-state index in [1.165, 1.54) is 41.2 Å². The van der Waals surface area contributed by atoms with Crippen LogP contribution in [0.3, 0.4) is 0 Å². The molecule has 4 aromatic rings. The monoisotopic (exact) mass is 481 g/mol. The predicted molar refractivity (Wildman–Crippen MR) is 129 cm³/mol. The summed E-state index contributed by atoms with van der Waals surface area (Å²) in [5.41, 5.74) is 4.55. The molecule has 3 aromatic carbocycles. The molecule has 0 fully saturated rings. The molecule has 0 saturated carbocycles. The Balaban J connectivity index is 1.48. The average Bonchev–Trinajstić information content (AvgIpc) is 3.24. The van der Waals surface area contributed by atoms with Crippen molar-refractivity contribution in [3.05, 3.63) is 94.6 Å². The van der Waals surface area contributed by atoms with Crippen LogP contribution in [-0.4, -0.2) is 19.3 Å². The third-order valence-corrected chi connectivity index (χ3v) is 7.18. The number of halogens is 1. The molecular weight excluding hydrogens is 461 g/mol. The second-order valence-corrected chi connectivity index (χ2v) is 9.97. The fraction of sp³-hybridized carbons (Fsp3) is 0.0833. The van der Waals surface area contributed by atoms with Crippen LogP contribution in [0.2, 0.25) is 0 Å². The van der Waals surface area contributed by atoms with E-state index in [4.69, 9.17) is 0 Å². The molecule has 4 rings (SSSR count). The van der Waals surface area contributed by atoms with Crippen molar-refractivity contribution < 1.29 is 17.6 Å². The summed E-state index contributed by atoms with van der Waals surface area (Å²) in [6.07, 6.45) is 0. The molecular formula is C24H20FN3O3S2. The molecule has 0 radical (unpaired) electrons. The average molecular weight is 482 g/mol. The number of rotatable bonds is 6. The minimum absolute atomic E-state index is 0.0830. The Bertz CT molecular complexity index is 1430. The molecule has 0 aliphatic carbocycles. The van der Waals surface area contributed by atoms with Gasteiger partial charge in [-0.3, -0.25) is 14.8 Å². The minimum Gasteiger partial charge on any atom is -0.298 e. The van der Waals surface area contributed by atoms with Crippen LogP contribution in [-0.2, 0) is 10.0 Å². The van der Waals surface area contributed by atoms with Crippen LogP contribution in [0.15, 0.2) is 77.0 Å². The number of nitrogens with zero attached hydrogens (tertiary/aromatic N) is 1. The molecule has 1 amide bonds. The van der Waals surface area contributed by atoms with Crippen molar-refractivity contribution in [2.24, 2.45) is 0 Å². The summed E-state index contributed by atoms with van der Waals surface area (Å²) < 4.78 is 40.5. The molecule has 0 unspecified atom stereocenters. The maximum absolute atomic E-state index is 13.1. The second-order valence-electron chi connectivity index (χ2n) is 7.43. The lowest BCUT2D eigenvalue weighted by atomic mass is 10.1. The van der Waals surface area contributed by atoms with Crippen molar-refractivity contribution >= 4 is 38.1 Å². The van der Waals surface area contributed by atoms with E-state index in [9.17, 15) is 17.6 Å². The first-order valence-electron chi connectivity index (χ1n) is 9.94. The number of anilines is 2. The largest absolute Gasteiger partial charge is 0.298 e. The van der Waals surface area contributed by atoms with E-state index in [1.807, 2.05) is 37.4 Å². The molecule has 0 atom stereocenters. The van der Waals surface area contributed by atoms with Crippen molar-refractivity contribution in [1.29, 1.82) is 0 Å². The minimum atomic E-state index is -3.92. The highest BCUT2D eigenvalue weighted by molar-refractivity contribution is 7.92. The predicted octanol–water partition coefficient (Wildman–Crippen LogP) is 5.62. The SMILES string of the molecule is Cc1ccc(-c2csc(NC(=O)c3cccc(NS(=O)(=O)c4ccc(F)cc4)c3)n2)cc1C. The number of nitrogens with one attached hydrogen (secondary N) is 2. The van der Waals surface area contributed by atoms with Gasteiger partial charge >= 0.3 is 0 Å². The highest BCUT2D eigenvalue weighted by Crippen LogP contribution is 2.27. The third-order valence-electron chi connectivity index (χ3n) is 5.03. The first kappa shape index (κ1) is 22.6.